The van der Waals surface area contributed by atoms with Crippen LogP contribution in [0.3, 0.4) is 0 Å². The maximum absolute atomic E-state index is 5.61. The van der Waals surface area contributed by atoms with Crippen LogP contribution in [0.2, 0.25) is 0 Å². The fourth-order valence-electron chi connectivity index (χ4n) is 5.15. The molecule has 0 amide bonds. The number of thiocarbonyl (C=S) groups is 1. The molecule has 1 aliphatic carbocycles. The van der Waals surface area contributed by atoms with Crippen LogP contribution in [0.15, 0.2) is 36.4 Å². The van der Waals surface area contributed by atoms with Crippen molar-refractivity contribution in [1.82, 2.24) is 15.3 Å². The van der Waals surface area contributed by atoms with Gasteiger partial charge in [0.25, 0.3) is 0 Å². The number of benzene rings is 1. The van der Waals surface area contributed by atoms with Gasteiger partial charge in [-0.3, -0.25) is 0 Å². The summed E-state index contributed by atoms with van der Waals surface area (Å²) in [6, 6.07) is 13.3. The fourth-order valence-corrected chi connectivity index (χ4v) is 5.41. The van der Waals surface area contributed by atoms with E-state index in [1.54, 1.807) is 0 Å². The molecule has 2 aromatic rings. The monoisotopic (exact) mass is 465 g/mol. The van der Waals surface area contributed by atoms with Crippen LogP contribution in [-0.4, -0.2) is 60.4 Å². The van der Waals surface area contributed by atoms with Crippen LogP contribution in [0.4, 0.5) is 23.3 Å². The maximum atomic E-state index is 5.61. The number of piperidine rings is 1. The van der Waals surface area contributed by atoms with E-state index in [4.69, 9.17) is 22.2 Å². The van der Waals surface area contributed by atoms with E-state index in [1.165, 1.54) is 50.6 Å². The molecule has 2 aliphatic heterocycles. The molecular weight excluding hydrogens is 430 g/mol. The second-order valence-corrected chi connectivity index (χ2v) is 9.75. The summed E-state index contributed by atoms with van der Waals surface area (Å²) in [6.07, 6.45) is 8.68. The van der Waals surface area contributed by atoms with E-state index in [9.17, 15) is 0 Å². The molecule has 0 atom stereocenters. The van der Waals surface area contributed by atoms with Gasteiger partial charge in [-0.15, -0.1) is 0 Å². The van der Waals surface area contributed by atoms with Crippen molar-refractivity contribution < 1.29 is 0 Å². The van der Waals surface area contributed by atoms with E-state index in [-0.39, 0.29) is 0 Å². The van der Waals surface area contributed by atoms with Crippen LogP contribution in [0.1, 0.15) is 44.9 Å². The molecule has 0 unspecified atom stereocenters. The Kier molecular flexibility index (Phi) is 7.09. The van der Waals surface area contributed by atoms with E-state index in [2.05, 4.69) is 61.7 Å². The lowest BCUT2D eigenvalue weighted by Crippen LogP contribution is -2.47. The average Bonchev–Trinajstić information content (AvgIpc) is 3.38. The second-order valence-electron chi connectivity index (χ2n) is 9.35. The molecule has 0 radical (unpaired) electrons. The third kappa shape index (κ3) is 5.66. The van der Waals surface area contributed by atoms with Gasteiger partial charge in [0, 0.05) is 57.1 Å². The van der Waals surface area contributed by atoms with Gasteiger partial charge < -0.3 is 25.3 Å². The summed E-state index contributed by atoms with van der Waals surface area (Å²) >= 11 is 5.61. The molecule has 1 saturated carbocycles. The number of para-hydroxylation sites is 1. The van der Waals surface area contributed by atoms with Crippen LogP contribution in [0.25, 0.3) is 0 Å². The molecule has 2 saturated heterocycles. The lowest BCUT2D eigenvalue weighted by Gasteiger charge is -2.37. The topological polar surface area (TPSA) is 59.6 Å². The summed E-state index contributed by atoms with van der Waals surface area (Å²) in [5.41, 5.74) is 1.29. The molecule has 8 heteroatoms. The Balaban J connectivity index is 1.31. The predicted octanol–water partition coefficient (Wildman–Crippen LogP) is 4.02. The first-order chi connectivity index (χ1) is 16.2. The molecule has 0 bridgehead atoms. The van der Waals surface area contributed by atoms with Gasteiger partial charge in [0.1, 0.15) is 11.6 Å². The Morgan fingerprint density at radius 1 is 0.758 bits per heavy atom. The minimum Gasteiger partial charge on any atom is -0.368 e. The number of hydrogen-bond acceptors (Lipinski definition) is 6. The van der Waals surface area contributed by atoms with Crippen molar-refractivity contribution in [2.45, 2.75) is 51.0 Å². The summed E-state index contributed by atoms with van der Waals surface area (Å²) < 4.78 is 0. The Hall–Kier alpha value is -2.61. The lowest BCUT2D eigenvalue weighted by atomic mass is 10.1. The molecule has 3 heterocycles. The zero-order valence-electron chi connectivity index (χ0n) is 19.4. The number of anilines is 4. The van der Waals surface area contributed by atoms with Crippen molar-refractivity contribution in [3.8, 4) is 0 Å². The number of piperazine rings is 1. The van der Waals surface area contributed by atoms with Crippen LogP contribution in [0.5, 0.6) is 0 Å². The highest BCUT2D eigenvalue weighted by Gasteiger charge is 2.22. The van der Waals surface area contributed by atoms with Gasteiger partial charge in [0.05, 0.1) is 0 Å². The Morgan fingerprint density at radius 3 is 2.03 bits per heavy atom. The standard InChI is InChI=1S/C25H35N7S/c33-25(26-20-9-5-6-10-20)29-24-27-22(31-13-7-2-8-14-31)19-23(28-24)32-17-15-30(16-18-32)21-11-3-1-4-12-21/h1,3-4,11-12,19-20H,2,5-10,13-18H2,(H2,26,27,28,29,33). The molecule has 3 fully saturated rings. The maximum Gasteiger partial charge on any atom is 0.232 e. The zero-order valence-corrected chi connectivity index (χ0v) is 20.2. The molecule has 176 valence electrons. The Labute approximate surface area is 202 Å². The molecule has 7 nitrogen and oxygen atoms in total. The summed E-state index contributed by atoms with van der Waals surface area (Å²) in [7, 11) is 0. The third-order valence-electron chi connectivity index (χ3n) is 7.02. The highest BCUT2D eigenvalue weighted by Crippen LogP contribution is 2.26. The van der Waals surface area contributed by atoms with Gasteiger partial charge in [-0.05, 0) is 56.5 Å². The SMILES string of the molecule is S=C(Nc1nc(N2CCCCC2)cc(N2CCN(c3ccccc3)CC2)n1)NC1CCCC1. The number of rotatable bonds is 5. The Bertz CT molecular complexity index is 918. The van der Waals surface area contributed by atoms with Crippen molar-refractivity contribution in [3.63, 3.8) is 0 Å². The van der Waals surface area contributed by atoms with Gasteiger partial charge in [-0.1, -0.05) is 31.0 Å². The summed E-state index contributed by atoms with van der Waals surface area (Å²) in [4.78, 5) is 17.0. The van der Waals surface area contributed by atoms with Gasteiger partial charge in [-0.25, -0.2) is 0 Å². The lowest BCUT2D eigenvalue weighted by molar-refractivity contribution is 0.573. The Morgan fingerprint density at radius 2 is 1.36 bits per heavy atom. The van der Waals surface area contributed by atoms with Crippen molar-refractivity contribution in [3.05, 3.63) is 36.4 Å². The highest BCUT2D eigenvalue weighted by molar-refractivity contribution is 7.80. The smallest absolute Gasteiger partial charge is 0.232 e. The fraction of sp³-hybridized carbons (Fsp3) is 0.560. The third-order valence-corrected chi connectivity index (χ3v) is 7.24. The molecule has 1 aromatic carbocycles. The van der Waals surface area contributed by atoms with Crippen molar-refractivity contribution in [1.29, 1.82) is 0 Å². The largest absolute Gasteiger partial charge is 0.368 e. The number of nitrogens with one attached hydrogen (secondary N) is 2. The average molecular weight is 466 g/mol. The summed E-state index contributed by atoms with van der Waals surface area (Å²) in [5.74, 6) is 2.61. The second kappa shape index (κ2) is 10.5. The van der Waals surface area contributed by atoms with E-state index < -0.39 is 0 Å². The van der Waals surface area contributed by atoms with E-state index in [0.717, 1.165) is 50.9 Å². The summed E-state index contributed by atoms with van der Waals surface area (Å²) in [6.45, 7) is 5.96. The molecule has 33 heavy (non-hydrogen) atoms. The molecule has 0 spiro atoms. The minimum atomic E-state index is 0.473. The number of aromatic nitrogens is 2. The summed E-state index contributed by atoms with van der Waals surface area (Å²) in [5, 5.41) is 7.39. The molecule has 5 rings (SSSR count). The molecule has 1 aromatic heterocycles. The van der Waals surface area contributed by atoms with Crippen LogP contribution >= 0.6 is 12.2 Å². The van der Waals surface area contributed by atoms with Gasteiger partial charge in [-0.2, -0.15) is 9.97 Å². The first-order valence-corrected chi connectivity index (χ1v) is 12.9. The van der Waals surface area contributed by atoms with Crippen LogP contribution < -0.4 is 25.3 Å². The molecule has 3 aliphatic rings. The van der Waals surface area contributed by atoms with Gasteiger partial charge in [0.2, 0.25) is 5.95 Å². The van der Waals surface area contributed by atoms with Crippen molar-refractivity contribution in [2.24, 2.45) is 0 Å². The predicted molar refractivity (Wildman–Crippen MR) is 141 cm³/mol. The molecule has 2 N–H and O–H groups in total. The zero-order chi connectivity index (χ0) is 22.5. The number of nitrogens with zero attached hydrogens (tertiary/aromatic N) is 5. The van der Waals surface area contributed by atoms with Crippen molar-refractivity contribution >= 4 is 40.6 Å². The van der Waals surface area contributed by atoms with Crippen LogP contribution in [-0.2, 0) is 0 Å². The molecular formula is C25H35N7S. The highest BCUT2D eigenvalue weighted by atomic mass is 32.1. The van der Waals surface area contributed by atoms with Crippen molar-refractivity contribution in [2.75, 3.05) is 59.3 Å². The van der Waals surface area contributed by atoms with E-state index in [1.807, 2.05) is 0 Å². The van der Waals surface area contributed by atoms with Crippen LogP contribution in [0, 0.1) is 0 Å². The normalized spacial score (nSPS) is 19.6. The number of hydrogen-bond donors (Lipinski definition) is 2. The van der Waals surface area contributed by atoms with Gasteiger partial charge >= 0.3 is 0 Å². The first kappa shape index (κ1) is 22.2. The van der Waals surface area contributed by atoms with E-state index in [0.29, 0.717) is 17.1 Å². The first-order valence-electron chi connectivity index (χ1n) is 12.5. The van der Waals surface area contributed by atoms with E-state index >= 15 is 0 Å². The minimum absolute atomic E-state index is 0.473. The quantitative estimate of drug-likeness (QED) is 0.642. The van der Waals surface area contributed by atoms with Gasteiger partial charge in [0.15, 0.2) is 5.11 Å².